The second kappa shape index (κ2) is 3.51. The van der Waals surface area contributed by atoms with Crippen molar-refractivity contribution >= 4 is 0 Å². The van der Waals surface area contributed by atoms with Gasteiger partial charge in [-0.2, -0.15) is 8.78 Å². The summed E-state index contributed by atoms with van der Waals surface area (Å²) in [5.74, 6) is 0. The first-order valence-corrected chi connectivity index (χ1v) is 2.06. The van der Waals surface area contributed by atoms with E-state index in [1.165, 1.54) is 0 Å². The number of hydrogen-bond donors (Lipinski definition) is 2. The van der Waals surface area contributed by atoms with Crippen molar-refractivity contribution in [1.29, 1.82) is 0 Å². The normalized spacial score (nSPS) is 13.0. The second-order valence-corrected chi connectivity index (χ2v) is 1.30. The van der Waals surface area contributed by atoms with Crippen LogP contribution in [0.5, 0.6) is 0 Å². The van der Waals surface area contributed by atoms with Crippen LogP contribution in [0.3, 0.4) is 0 Å². The van der Waals surface area contributed by atoms with Gasteiger partial charge in [-0.1, -0.05) is 0 Å². The molecule has 3 N–H and O–H groups in total. The molecule has 0 aliphatic rings. The molecule has 0 heterocycles. The molecule has 48 valence electrons. The Hall–Kier alpha value is -0.480. The summed E-state index contributed by atoms with van der Waals surface area (Å²) in [6.07, 6.45) is -1.36. The quantitative estimate of drug-likeness (QED) is 0.546. The second-order valence-electron chi connectivity index (χ2n) is 1.30. The predicted octanol–water partition coefficient (Wildman–Crippen LogP) is 0.0864. The smallest absolute Gasteiger partial charge is 0.267 e. The van der Waals surface area contributed by atoms with E-state index in [0.29, 0.717) is 6.08 Å². The molecule has 4 heteroatoms. The Morgan fingerprint density at radius 2 is 2.25 bits per heavy atom. The highest BCUT2D eigenvalue weighted by Gasteiger charge is 1.96. The minimum absolute atomic E-state index is 0.447. The van der Waals surface area contributed by atoms with Gasteiger partial charge in [0.1, 0.15) is 0 Å². The lowest BCUT2D eigenvalue weighted by molar-refractivity contribution is 0.279. The van der Waals surface area contributed by atoms with Gasteiger partial charge in [-0.15, -0.1) is 0 Å². The van der Waals surface area contributed by atoms with Crippen LogP contribution in [-0.2, 0) is 0 Å². The molecule has 0 fully saturated rings. The molecule has 1 atom stereocenters. The van der Waals surface area contributed by atoms with Crippen molar-refractivity contribution in [2.75, 3.05) is 6.61 Å². The monoisotopic (exact) mass is 123 g/mol. The predicted molar refractivity (Wildman–Crippen MR) is 25.4 cm³/mol. The fraction of sp³-hybridized carbons (Fsp3) is 0.500. The van der Waals surface area contributed by atoms with Gasteiger partial charge in [0.05, 0.1) is 12.6 Å². The van der Waals surface area contributed by atoms with Crippen LogP contribution in [-0.4, -0.2) is 17.8 Å². The molecule has 0 saturated heterocycles. The van der Waals surface area contributed by atoms with E-state index in [1.807, 2.05) is 0 Å². The Bertz CT molecular complexity index is 90.0. The number of aliphatic hydroxyl groups is 1. The maximum atomic E-state index is 11.1. The molecular weight excluding hydrogens is 116 g/mol. The third-order valence-corrected chi connectivity index (χ3v) is 0.551. The van der Waals surface area contributed by atoms with Gasteiger partial charge < -0.3 is 10.8 Å². The standard InChI is InChI=1S/C4H7F2NO/c5-4(6)1-3(7)2-8/h1,3,8H,2,7H2/t3-/m1/s1. The molecular formula is C4H7F2NO. The summed E-state index contributed by atoms with van der Waals surface area (Å²) in [6.45, 7) is -0.447. The minimum Gasteiger partial charge on any atom is -0.394 e. The fourth-order valence-electron chi connectivity index (χ4n) is 0.215. The van der Waals surface area contributed by atoms with E-state index in [2.05, 4.69) is 0 Å². The summed E-state index contributed by atoms with van der Waals surface area (Å²) in [5.41, 5.74) is 4.87. The van der Waals surface area contributed by atoms with Crippen molar-refractivity contribution in [3.63, 3.8) is 0 Å². The van der Waals surface area contributed by atoms with Crippen molar-refractivity contribution < 1.29 is 13.9 Å². The SMILES string of the molecule is N[C@H](C=C(F)F)CO. The van der Waals surface area contributed by atoms with Crippen molar-refractivity contribution in [3.05, 3.63) is 12.2 Å². The molecule has 0 bridgehead atoms. The molecule has 0 unspecified atom stereocenters. The van der Waals surface area contributed by atoms with E-state index in [4.69, 9.17) is 10.8 Å². The third-order valence-electron chi connectivity index (χ3n) is 0.551. The maximum absolute atomic E-state index is 11.1. The Kier molecular flexibility index (Phi) is 3.30. The molecule has 0 aromatic rings. The number of nitrogens with two attached hydrogens (primary N) is 1. The van der Waals surface area contributed by atoms with Gasteiger partial charge in [0.15, 0.2) is 0 Å². The lowest BCUT2D eigenvalue weighted by Gasteiger charge is -1.95. The topological polar surface area (TPSA) is 46.2 Å². The molecule has 0 amide bonds. The summed E-state index contributed by atoms with van der Waals surface area (Å²) in [4.78, 5) is 0. The Balaban J connectivity index is 3.51. The number of rotatable bonds is 2. The number of hydrogen-bond acceptors (Lipinski definition) is 2. The van der Waals surface area contributed by atoms with Crippen molar-refractivity contribution in [2.45, 2.75) is 6.04 Å². The molecule has 0 aliphatic carbocycles. The van der Waals surface area contributed by atoms with E-state index in [-0.39, 0.29) is 0 Å². The summed E-state index contributed by atoms with van der Waals surface area (Å²) in [5, 5.41) is 8.08. The van der Waals surface area contributed by atoms with Crippen molar-refractivity contribution in [2.24, 2.45) is 5.73 Å². The van der Waals surface area contributed by atoms with Gasteiger partial charge in [-0.25, -0.2) is 0 Å². The Labute approximate surface area is 45.6 Å². The first-order valence-electron chi connectivity index (χ1n) is 2.06. The van der Waals surface area contributed by atoms with Crippen molar-refractivity contribution in [1.82, 2.24) is 0 Å². The molecule has 0 rings (SSSR count). The zero-order valence-electron chi connectivity index (χ0n) is 4.14. The van der Waals surface area contributed by atoms with Gasteiger partial charge in [0.25, 0.3) is 6.08 Å². The van der Waals surface area contributed by atoms with Gasteiger partial charge in [0, 0.05) is 6.08 Å². The molecule has 0 aromatic heterocycles. The fourth-order valence-corrected chi connectivity index (χ4v) is 0.215. The summed E-state index contributed by atoms with van der Waals surface area (Å²) >= 11 is 0. The molecule has 8 heavy (non-hydrogen) atoms. The first-order chi connectivity index (χ1) is 3.66. The van der Waals surface area contributed by atoms with Gasteiger partial charge in [-0.05, 0) is 0 Å². The van der Waals surface area contributed by atoms with Crippen LogP contribution >= 0.6 is 0 Å². The zero-order valence-corrected chi connectivity index (χ0v) is 4.14. The van der Waals surface area contributed by atoms with Crippen LogP contribution in [0.25, 0.3) is 0 Å². The van der Waals surface area contributed by atoms with E-state index in [0.717, 1.165) is 0 Å². The summed E-state index contributed by atoms with van der Waals surface area (Å²) in [6, 6.07) is -0.931. The lowest BCUT2D eigenvalue weighted by atomic mass is 10.3. The third kappa shape index (κ3) is 3.70. The van der Waals surface area contributed by atoms with E-state index in [9.17, 15) is 8.78 Å². The van der Waals surface area contributed by atoms with E-state index in [1.54, 1.807) is 0 Å². The molecule has 0 radical (unpaired) electrons. The summed E-state index contributed by atoms with van der Waals surface area (Å²) < 4.78 is 22.3. The Morgan fingerprint density at radius 3 is 2.38 bits per heavy atom. The average Bonchev–Trinajstić information content (AvgIpc) is 1.65. The molecule has 0 aliphatic heterocycles. The Morgan fingerprint density at radius 1 is 1.75 bits per heavy atom. The van der Waals surface area contributed by atoms with Crippen LogP contribution in [0.4, 0.5) is 8.78 Å². The molecule has 0 saturated carbocycles. The number of halogens is 2. The largest absolute Gasteiger partial charge is 0.394 e. The first kappa shape index (κ1) is 7.52. The highest BCUT2D eigenvalue weighted by molar-refractivity contribution is 4.90. The minimum atomic E-state index is -1.86. The zero-order chi connectivity index (χ0) is 6.57. The van der Waals surface area contributed by atoms with E-state index >= 15 is 0 Å². The molecule has 0 spiro atoms. The summed E-state index contributed by atoms with van der Waals surface area (Å²) in [7, 11) is 0. The average molecular weight is 123 g/mol. The van der Waals surface area contributed by atoms with Crippen LogP contribution < -0.4 is 5.73 Å². The van der Waals surface area contributed by atoms with Crippen LogP contribution in [0.2, 0.25) is 0 Å². The molecule has 0 aromatic carbocycles. The van der Waals surface area contributed by atoms with Crippen LogP contribution in [0, 0.1) is 0 Å². The highest BCUT2D eigenvalue weighted by atomic mass is 19.3. The van der Waals surface area contributed by atoms with Crippen LogP contribution in [0.15, 0.2) is 12.2 Å². The molecule has 2 nitrogen and oxygen atoms in total. The number of aliphatic hydroxyl groups excluding tert-OH is 1. The van der Waals surface area contributed by atoms with Crippen molar-refractivity contribution in [3.8, 4) is 0 Å². The lowest BCUT2D eigenvalue weighted by Crippen LogP contribution is -2.21. The van der Waals surface area contributed by atoms with E-state index < -0.39 is 18.7 Å². The van der Waals surface area contributed by atoms with Gasteiger partial charge >= 0.3 is 0 Å². The maximum Gasteiger partial charge on any atom is 0.267 e. The van der Waals surface area contributed by atoms with Gasteiger partial charge in [0.2, 0.25) is 0 Å². The highest BCUT2D eigenvalue weighted by Crippen LogP contribution is 1.96. The van der Waals surface area contributed by atoms with Gasteiger partial charge in [-0.3, -0.25) is 0 Å². The van der Waals surface area contributed by atoms with Crippen LogP contribution in [0.1, 0.15) is 0 Å².